The predicted octanol–water partition coefficient (Wildman–Crippen LogP) is 3.33. The van der Waals surface area contributed by atoms with Gasteiger partial charge in [-0.3, -0.25) is 0 Å². The van der Waals surface area contributed by atoms with Gasteiger partial charge in [-0.25, -0.2) is 4.79 Å². The highest BCUT2D eigenvalue weighted by Gasteiger charge is 2.24. The number of esters is 1. The molecule has 0 aliphatic carbocycles. The van der Waals surface area contributed by atoms with E-state index in [2.05, 4.69) is 0 Å². The summed E-state index contributed by atoms with van der Waals surface area (Å²) in [5.41, 5.74) is 2.71. The molecule has 106 valence electrons. The van der Waals surface area contributed by atoms with Gasteiger partial charge in [0.1, 0.15) is 12.7 Å². The summed E-state index contributed by atoms with van der Waals surface area (Å²) in [5.74, 6) is 0.210. The lowest BCUT2D eigenvalue weighted by atomic mass is 10.1. The van der Waals surface area contributed by atoms with Crippen LogP contribution in [0.3, 0.4) is 0 Å². The third kappa shape index (κ3) is 4.83. The summed E-state index contributed by atoms with van der Waals surface area (Å²) in [5, 5.41) is 0. The van der Waals surface area contributed by atoms with Crippen molar-refractivity contribution in [3.8, 4) is 0 Å². The Hall–Kier alpha value is -1.58. The van der Waals surface area contributed by atoms with Crippen molar-refractivity contribution in [1.29, 1.82) is 0 Å². The molecule has 0 N–H and O–H groups in total. The standard InChI is InChI=1S/C16H17ClO3/c1-12(16(18)20-11-15-10-19-15)3-2-4-13-5-7-14(9-17)8-6-13/h2-8,15H,9-11H2,1H3. The quantitative estimate of drug-likeness (QED) is 0.265. The Balaban J connectivity index is 1.85. The van der Waals surface area contributed by atoms with Gasteiger partial charge in [-0.15, -0.1) is 11.6 Å². The molecule has 1 heterocycles. The van der Waals surface area contributed by atoms with Crippen LogP contribution < -0.4 is 0 Å². The van der Waals surface area contributed by atoms with Crippen LogP contribution in [0.5, 0.6) is 0 Å². The van der Waals surface area contributed by atoms with E-state index in [4.69, 9.17) is 21.1 Å². The molecular formula is C16H17ClO3. The average molecular weight is 293 g/mol. The highest BCUT2D eigenvalue weighted by atomic mass is 35.5. The van der Waals surface area contributed by atoms with Crippen LogP contribution in [-0.4, -0.2) is 25.3 Å². The normalized spacial score (nSPS) is 18.3. The van der Waals surface area contributed by atoms with Crippen LogP contribution in [0.2, 0.25) is 0 Å². The van der Waals surface area contributed by atoms with E-state index in [1.54, 1.807) is 13.0 Å². The first-order chi connectivity index (χ1) is 9.69. The van der Waals surface area contributed by atoms with Gasteiger partial charge >= 0.3 is 5.97 Å². The SMILES string of the molecule is CC(=CC=Cc1ccc(CCl)cc1)C(=O)OCC1CO1. The Morgan fingerprint density at radius 2 is 2.15 bits per heavy atom. The number of hydrogen-bond acceptors (Lipinski definition) is 3. The molecule has 2 rings (SSSR count). The molecule has 1 aliphatic rings. The molecule has 1 aromatic rings. The Morgan fingerprint density at radius 1 is 1.45 bits per heavy atom. The Kier molecular flexibility index (Phi) is 5.39. The minimum atomic E-state index is -0.303. The Labute approximate surface area is 123 Å². The van der Waals surface area contributed by atoms with Crippen LogP contribution >= 0.6 is 11.6 Å². The zero-order chi connectivity index (χ0) is 14.4. The fourth-order valence-corrected chi connectivity index (χ4v) is 1.71. The van der Waals surface area contributed by atoms with Crippen LogP contribution in [0.4, 0.5) is 0 Å². The molecule has 0 bridgehead atoms. The summed E-state index contributed by atoms with van der Waals surface area (Å²) in [7, 11) is 0. The highest BCUT2D eigenvalue weighted by Crippen LogP contribution is 2.11. The maximum atomic E-state index is 11.6. The molecule has 0 aromatic heterocycles. The number of ether oxygens (including phenoxy) is 2. The Bertz CT molecular complexity index is 513. The van der Waals surface area contributed by atoms with Gasteiger partial charge < -0.3 is 9.47 Å². The summed E-state index contributed by atoms with van der Waals surface area (Å²) in [6, 6.07) is 7.93. The van der Waals surface area contributed by atoms with E-state index < -0.39 is 0 Å². The molecule has 1 aliphatic heterocycles. The number of carbonyl (C=O) groups excluding carboxylic acids is 1. The molecule has 1 atom stereocenters. The summed E-state index contributed by atoms with van der Waals surface area (Å²) in [6.45, 7) is 2.76. The van der Waals surface area contributed by atoms with Crippen molar-refractivity contribution in [2.45, 2.75) is 18.9 Å². The fraction of sp³-hybridized carbons (Fsp3) is 0.312. The number of allylic oxidation sites excluding steroid dienone is 2. The monoisotopic (exact) mass is 292 g/mol. The zero-order valence-corrected chi connectivity index (χ0v) is 12.1. The first-order valence-electron chi connectivity index (χ1n) is 6.47. The predicted molar refractivity (Wildman–Crippen MR) is 79.5 cm³/mol. The van der Waals surface area contributed by atoms with Gasteiger partial charge in [-0.2, -0.15) is 0 Å². The van der Waals surface area contributed by atoms with E-state index in [1.165, 1.54) is 0 Å². The second kappa shape index (κ2) is 7.27. The minimum Gasteiger partial charge on any atom is -0.459 e. The van der Waals surface area contributed by atoms with Crippen molar-refractivity contribution in [3.63, 3.8) is 0 Å². The second-order valence-corrected chi connectivity index (χ2v) is 4.91. The number of halogens is 1. The van der Waals surface area contributed by atoms with Gasteiger partial charge in [0, 0.05) is 11.5 Å². The number of hydrogen-bond donors (Lipinski definition) is 0. The summed E-state index contributed by atoms with van der Waals surface area (Å²) >= 11 is 5.73. The van der Waals surface area contributed by atoms with E-state index in [0.29, 0.717) is 24.7 Å². The summed E-state index contributed by atoms with van der Waals surface area (Å²) in [6.07, 6.45) is 5.60. The number of benzene rings is 1. The highest BCUT2D eigenvalue weighted by molar-refractivity contribution is 6.17. The molecule has 0 amide bonds. The summed E-state index contributed by atoms with van der Waals surface area (Å²) < 4.78 is 10.1. The zero-order valence-electron chi connectivity index (χ0n) is 11.3. The van der Waals surface area contributed by atoms with Crippen LogP contribution in [0.15, 0.2) is 42.0 Å². The second-order valence-electron chi connectivity index (χ2n) is 4.64. The fourth-order valence-electron chi connectivity index (χ4n) is 1.54. The van der Waals surface area contributed by atoms with E-state index in [-0.39, 0.29) is 12.1 Å². The minimum absolute atomic E-state index is 0.0998. The first kappa shape index (κ1) is 14.8. The number of rotatable bonds is 6. The molecule has 0 spiro atoms. The van der Waals surface area contributed by atoms with Gasteiger partial charge in [0.2, 0.25) is 0 Å². The summed E-state index contributed by atoms with van der Waals surface area (Å²) in [4.78, 5) is 11.6. The van der Waals surface area contributed by atoms with Crippen molar-refractivity contribution in [3.05, 3.63) is 53.1 Å². The third-order valence-corrected chi connectivity index (χ3v) is 3.20. The largest absolute Gasteiger partial charge is 0.459 e. The van der Waals surface area contributed by atoms with Crippen molar-refractivity contribution in [2.75, 3.05) is 13.2 Å². The topological polar surface area (TPSA) is 38.8 Å². The lowest BCUT2D eigenvalue weighted by molar-refractivity contribution is -0.139. The van der Waals surface area contributed by atoms with Crippen molar-refractivity contribution in [2.24, 2.45) is 0 Å². The molecule has 4 heteroatoms. The van der Waals surface area contributed by atoms with Gasteiger partial charge in [-0.05, 0) is 18.1 Å². The van der Waals surface area contributed by atoms with Crippen molar-refractivity contribution >= 4 is 23.6 Å². The molecule has 1 aromatic carbocycles. The van der Waals surface area contributed by atoms with Gasteiger partial charge in [-0.1, -0.05) is 42.5 Å². The number of alkyl halides is 1. The van der Waals surface area contributed by atoms with Gasteiger partial charge in [0.05, 0.1) is 6.61 Å². The molecule has 1 saturated heterocycles. The van der Waals surface area contributed by atoms with Crippen LogP contribution in [0.25, 0.3) is 6.08 Å². The van der Waals surface area contributed by atoms with Crippen LogP contribution in [0, 0.1) is 0 Å². The average Bonchev–Trinajstić information content (AvgIpc) is 3.29. The van der Waals surface area contributed by atoms with E-state index in [9.17, 15) is 4.79 Å². The number of carbonyl (C=O) groups is 1. The van der Waals surface area contributed by atoms with Crippen molar-refractivity contribution < 1.29 is 14.3 Å². The van der Waals surface area contributed by atoms with E-state index >= 15 is 0 Å². The van der Waals surface area contributed by atoms with Crippen molar-refractivity contribution in [1.82, 2.24) is 0 Å². The van der Waals surface area contributed by atoms with Crippen LogP contribution in [0.1, 0.15) is 18.1 Å². The number of epoxide rings is 1. The van der Waals surface area contributed by atoms with Gasteiger partial charge in [0.15, 0.2) is 0 Å². The molecular weight excluding hydrogens is 276 g/mol. The molecule has 20 heavy (non-hydrogen) atoms. The Morgan fingerprint density at radius 3 is 2.75 bits per heavy atom. The first-order valence-corrected chi connectivity index (χ1v) is 7.01. The molecule has 0 radical (unpaired) electrons. The molecule has 3 nitrogen and oxygen atoms in total. The smallest absolute Gasteiger partial charge is 0.333 e. The third-order valence-electron chi connectivity index (χ3n) is 2.89. The van der Waals surface area contributed by atoms with Gasteiger partial charge in [0.25, 0.3) is 0 Å². The molecule has 1 unspecified atom stereocenters. The van der Waals surface area contributed by atoms with E-state index in [1.807, 2.05) is 36.4 Å². The maximum absolute atomic E-state index is 11.6. The van der Waals surface area contributed by atoms with E-state index in [0.717, 1.165) is 11.1 Å². The lowest BCUT2D eigenvalue weighted by Crippen LogP contribution is -2.10. The lowest BCUT2D eigenvalue weighted by Gasteiger charge is -2.01. The maximum Gasteiger partial charge on any atom is 0.333 e. The molecule has 0 saturated carbocycles. The molecule has 1 fully saturated rings. The van der Waals surface area contributed by atoms with Crippen LogP contribution in [-0.2, 0) is 20.1 Å².